The first-order valence-electron chi connectivity index (χ1n) is 6.12. The Balaban J connectivity index is 1.89. The molecule has 0 radical (unpaired) electrons. The summed E-state index contributed by atoms with van der Waals surface area (Å²) in [6.07, 6.45) is 5.57. The van der Waals surface area contributed by atoms with E-state index < -0.39 is 0 Å². The van der Waals surface area contributed by atoms with Crippen molar-refractivity contribution in [2.75, 3.05) is 26.2 Å². The van der Waals surface area contributed by atoms with Crippen LogP contribution in [0.5, 0.6) is 0 Å². The summed E-state index contributed by atoms with van der Waals surface area (Å²) in [5.41, 5.74) is 0.551. The summed E-state index contributed by atoms with van der Waals surface area (Å²) >= 11 is 0. The Morgan fingerprint density at radius 3 is 2.79 bits per heavy atom. The van der Waals surface area contributed by atoms with Gasteiger partial charge < -0.3 is 5.32 Å². The second-order valence-corrected chi connectivity index (χ2v) is 5.74. The lowest BCUT2D eigenvalue weighted by Gasteiger charge is -2.43. The van der Waals surface area contributed by atoms with Crippen LogP contribution >= 0.6 is 0 Å². The van der Waals surface area contributed by atoms with Crippen molar-refractivity contribution in [3.63, 3.8) is 0 Å². The van der Waals surface area contributed by atoms with Gasteiger partial charge in [-0.3, -0.25) is 4.90 Å². The van der Waals surface area contributed by atoms with E-state index in [4.69, 9.17) is 0 Å². The second-order valence-electron chi connectivity index (χ2n) is 5.74. The Morgan fingerprint density at radius 1 is 1.29 bits per heavy atom. The number of nitrogens with one attached hydrogen (secondary N) is 1. The van der Waals surface area contributed by atoms with Crippen LogP contribution in [0.4, 0.5) is 0 Å². The van der Waals surface area contributed by atoms with Crippen LogP contribution in [0.3, 0.4) is 0 Å². The van der Waals surface area contributed by atoms with E-state index in [1.807, 2.05) is 0 Å². The van der Waals surface area contributed by atoms with Gasteiger partial charge in [0.15, 0.2) is 0 Å². The number of piperidine rings is 2. The van der Waals surface area contributed by atoms with Gasteiger partial charge in [-0.1, -0.05) is 13.8 Å². The van der Waals surface area contributed by atoms with Gasteiger partial charge in [0, 0.05) is 19.1 Å². The fourth-order valence-corrected chi connectivity index (χ4v) is 2.93. The number of hydrogen-bond donors (Lipinski definition) is 1. The fraction of sp³-hybridized carbons (Fsp3) is 1.00. The highest BCUT2D eigenvalue weighted by Gasteiger charge is 2.30. The van der Waals surface area contributed by atoms with Gasteiger partial charge >= 0.3 is 0 Å². The average Bonchev–Trinajstić information content (AvgIpc) is 2.18. The maximum absolute atomic E-state index is 3.52. The van der Waals surface area contributed by atoms with Gasteiger partial charge in [-0.15, -0.1) is 0 Å². The van der Waals surface area contributed by atoms with Crippen LogP contribution in [-0.4, -0.2) is 37.1 Å². The number of nitrogens with zero attached hydrogens (tertiary/aromatic N) is 1. The minimum atomic E-state index is 0.551. The third kappa shape index (κ3) is 2.48. The lowest BCUT2D eigenvalue weighted by Crippen LogP contribution is -2.51. The molecule has 14 heavy (non-hydrogen) atoms. The molecule has 0 saturated carbocycles. The Labute approximate surface area is 88.1 Å². The van der Waals surface area contributed by atoms with Gasteiger partial charge in [-0.2, -0.15) is 0 Å². The summed E-state index contributed by atoms with van der Waals surface area (Å²) in [7, 11) is 0. The molecule has 2 heteroatoms. The first-order valence-corrected chi connectivity index (χ1v) is 6.12. The quantitative estimate of drug-likeness (QED) is 0.688. The Bertz CT molecular complexity index is 183. The number of rotatable bonds is 1. The zero-order chi connectivity index (χ0) is 10.0. The third-order valence-corrected chi connectivity index (χ3v) is 3.72. The summed E-state index contributed by atoms with van der Waals surface area (Å²) in [6.45, 7) is 9.91. The van der Waals surface area contributed by atoms with Crippen LogP contribution in [0.1, 0.15) is 39.5 Å². The molecule has 2 fully saturated rings. The molecule has 2 heterocycles. The highest BCUT2D eigenvalue weighted by molar-refractivity contribution is 4.86. The minimum absolute atomic E-state index is 0.551. The van der Waals surface area contributed by atoms with Crippen LogP contribution in [0.25, 0.3) is 0 Å². The van der Waals surface area contributed by atoms with E-state index in [0.717, 1.165) is 6.04 Å². The lowest BCUT2D eigenvalue weighted by atomic mass is 9.83. The molecule has 0 bridgehead atoms. The molecule has 0 spiro atoms. The predicted molar refractivity (Wildman–Crippen MR) is 60.5 cm³/mol. The van der Waals surface area contributed by atoms with Crippen molar-refractivity contribution in [1.29, 1.82) is 0 Å². The topological polar surface area (TPSA) is 15.3 Å². The highest BCUT2D eigenvalue weighted by Crippen LogP contribution is 2.30. The summed E-state index contributed by atoms with van der Waals surface area (Å²) < 4.78 is 0. The highest BCUT2D eigenvalue weighted by atomic mass is 15.2. The van der Waals surface area contributed by atoms with Crippen LogP contribution in [-0.2, 0) is 0 Å². The molecule has 2 saturated heterocycles. The van der Waals surface area contributed by atoms with Crippen molar-refractivity contribution in [2.24, 2.45) is 5.41 Å². The SMILES string of the molecule is CC1(C)CCCN(C2CCCNC2)C1. The van der Waals surface area contributed by atoms with E-state index >= 15 is 0 Å². The third-order valence-electron chi connectivity index (χ3n) is 3.72. The maximum Gasteiger partial charge on any atom is 0.0221 e. The molecule has 2 aliphatic heterocycles. The van der Waals surface area contributed by atoms with E-state index in [1.165, 1.54) is 51.9 Å². The molecule has 0 aromatic rings. The van der Waals surface area contributed by atoms with Crippen LogP contribution < -0.4 is 5.32 Å². The van der Waals surface area contributed by atoms with Gasteiger partial charge in [-0.25, -0.2) is 0 Å². The van der Waals surface area contributed by atoms with E-state index in [1.54, 1.807) is 0 Å². The summed E-state index contributed by atoms with van der Waals surface area (Å²) in [4.78, 5) is 2.72. The van der Waals surface area contributed by atoms with Crippen LogP contribution in [0.15, 0.2) is 0 Å². The number of hydrogen-bond acceptors (Lipinski definition) is 2. The van der Waals surface area contributed by atoms with Crippen molar-refractivity contribution in [3.05, 3.63) is 0 Å². The van der Waals surface area contributed by atoms with Gasteiger partial charge in [0.05, 0.1) is 0 Å². The van der Waals surface area contributed by atoms with Gasteiger partial charge in [-0.05, 0) is 44.2 Å². The van der Waals surface area contributed by atoms with E-state index in [0.29, 0.717) is 5.41 Å². The average molecular weight is 196 g/mol. The van der Waals surface area contributed by atoms with Gasteiger partial charge in [0.2, 0.25) is 0 Å². The van der Waals surface area contributed by atoms with E-state index in [-0.39, 0.29) is 0 Å². The molecule has 2 nitrogen and oxygen atoms in total. The Kier molecular flexibility index (Phi) is 3.13. The van der Waals surface area contributed by atoms with Gasteiger partial charge in [0.1, 0.15) is 0 Å². The van der Waals surface area contributed by atoms with Crippen molar-refractivity contribution < 1.29 is 0 Å². The molecule has 0 aliphatic carbocycles. The van der Waals surface area contributed by atoms with Crippen LogP contribution in [0.2, 0.25) is 0 Å². The first-order chi connectivity index (χ1) is 6.67. The molecule has 1 atom stereocenters. The van der Waals surface area contributed by atoms with Gasteiger partial charge in [0.25, 0.3) is 0 Å². The summed E-state index contributed by atoms with van der Waals surface area (Å²) in [6, 6.07) is 0.823. The molecular formula is C12H24N2. The second kappa shape index (κ2) is 4.19. The minimum Gasteiger partial charge on any atom is -0.315 e. The predicted octanol–water partition coefficient (Wildman–Crippen LogP) is 1.86. The number of likely N-dealkylation sites (tertiary alicyclic amines) is 1. The standard InChI is InChI=1S/C12H24N2/c1-12(2)6-4-8-14(10-12)11-5-3-7-13-9-11/h11,13H,3-10H2,1-2H3. The fourth-order valence-electron chi connectivity index (χ4n) is 2.93. The molecule has 82 valence electrons. The zero-order valence-electron chi connectivity index (χ0n) is 9.68. The maximum atomic E-state index is 3.52. The Morgan fingerprint density at radius 2 is 2.14 bits per heavy atom. The van der Waals surface area contributed by atoms with E-state index in [9.17, 15) is 0 Å². The zero-order valence-corrected chi connectivity index (χ0v) is 9.68. The van der Waals surface area contributed by atoms with E-state index in [2.05, 4.69) is 24.1 Å². The summed E-state index contributed by atoms with van der Waals surface area (Å²) in [5.74, 6) is 0. The molecule has 0 amide bonds. The smallest absolute Gasteiger partial charge is 0.0221 e. The van der Waals surface area contributed by atoms with Crippen molar-refractivity contribution in [3.8, 4) is 0 Å². The van der Waals surface area contributed by atoms with Crippen LogP contribution in [0, 0.1) is 5.41 Å². The lowest BCUT2D eigenvalue weighted by molar-refractivity contribution is 0.0670. The largest absolute Gasteiger partial charge is 0.315 e. The molecular weight excluding hydrogens is 172 g/mol. The first kappa shape index (κ1) is 10.4. The molecule has 1 unspecified atom stereocenters. The normalized spacial score (nSPS) is 34.3. The Hall–Kier alpha value is -0.0800. The van der Waals surface area contributed by atoms with Crippen molar-refractivity contribution in [1.82, 2.24) is 10.2 Å². The monoisotopic (exact) mass is 196 g/mol. The summed E-state index contributed by atoms with van der Waals surface area (Å²) in [5, 5.41) is 3.52. The molecule has 0 aromatic carbocycles. The molecule has 0 aromatic heterocycles. The molecule has 2 aliphatic rings. The molecule has 2 rings (SSSR count). The van der Waals surface area contributed by atoms with Crippen molar-refractivity contribution in [2.45, 2.75) is 45.6 Å². The molecule has 1 N–H and O–H groups in total. The van der Waals surface area contributed by atoms with Crippen molar-refractivity contribution >= 4 is 0 Å².